The van der Waals surface area contributed by atoms with Gasteiger partial charge >= 0.3 is 5.97 Å². The van der Waals surface area contributed by atoms with Crippen LogP contribution in [0.1, 0.15) is 16.8 Å². The third-order valence-corrected chi connectivity index (χ3v) is 3.45. The largest absolute Gasteiger partial charge is 0.481 e. The number of anilines is 2. The van der Waals surface area contributed by atoms with E-state index in [1.807, 2.05) is 18.2 Å². The average molecular weight is 262 g/mol. The van der Waals surface area contributed by atoms with E-state index >= 15 is 0 Å². The van der Waals surface area contributed by atoms with Crippen LogP contribution in [0.3, 0.4) is 0 Å². The van der Waals surface area contributed by atoms with E-state index in [4.69, 9.17) is 5.11 Å². The van der Waals surface area contributed by atoms with Crippen LogP contribution in [-0.4, -0.2) is 16.1 Å². The Morgan fingerprint density at radius 2 is 2.17 bits per heavy atom. The summed E-state index contributed by atoms with van der Waals surface area (Å²) in [5.41, 5.74) is 4.00. The molecule has 0 unspecified atom stereocenters. The number of hydrogen-bond donors (Lipinski definition) is 2. The summed E-state index contributed by atoms with van der Waals surface area (Å²) in [4.78, 5) is 14.8. The molecule has 0 fully saturated rings. The first-order chi connectivity index (χ1) is 8.54. The molecule has 18 heavy (non-hydrogen) atoms. The number of aryl methyl sites for hydroxylation is 2. The summed E-state index contributed by atoms with van der Waals surface area (Å²) in [5.74, 6) is -0.863. The van der Waals surface area contributed by atoms with E-state index in [1.165, 1.54) is 22.5 Å². The lowest BCUT2D eigenvalue weighted by Crippen LogP contribution is -2.00. The number of aromatic nitrogens is 1. The lowest BCUT2D eigenvalue weighted by molar-refractivity contribution is -0.136. The van der Waals surface area contributed by atoms with Crippen molar-refractivity contribution in [3.8, 4) is 0 Å². The van der Waals surface area contributed by atoms with Gasteiger partial charge in [-0.2, -0.15) is 0 Å². The highest BCUT2D eigenvalue weighted by Gasteiger charge is 2.06. The molecule has 0 bridgehead atoms. The van der Waals surface area contributed by atoms with Crippen LogP contribution in [-0.2, 0) is 11.2 Å². The number of benzene rings is 1. The predicted octanol–water partition coefficient (Wildman–Crippen LogP) is 3.13. The summed E-state index contributed by atoms with van der Waals surface area (Å²) in [5, 5.41) is 14.3. The van der Waals surface area contributed by atoms with E-state index in [9.17, 15) is 4.79 Å². The topological polar surface area (TPSA) is 62.2 Å². The summed E-state index contributed by atoms with van der Waals surface area (Å²) in [7, 11) is 0. The van der Waals surface area contributed by atoms with Crippen molar-refractivity contribution in [1.29, 1.82) is 0 Å². The minimum absolute atomic E-state index is 0.0366. The predicted molar refractivity (Wildman–Crippen MR) is 72.7 cm³/mol. The van der Waals surface area contributed by atoms with Crippen molar-refractivity contribution in [3.05, 3.63) is 40.4 Å². The second-order valence-electron chi connectivity index (χ2n) is 4.14. The minimum Gasteiger partial charge on any atom is -0.481 e. The second-order valence-corrected chi connectivity index (χ2v) is 5.00. The van der Waals surface area contributed by atoms with Crippen LogP contribution in [0.25, 0.3) is 0 Å². The number of carboxylic acid groups (broad SMARTS) is 1. The van der Waals surface area contributed by atoms with Gasteiger partial charge in [0, 0.05) is 11.1 Å². The third kappa shape index (κ3) is 3.07. The molecule has 0 saturated carbocycles. The number of rotatable bonds is 4. The van der Waals surface area contributed by atoms with Crippen LogP contribution in [0.15, 0.2) is 23.6 Å². The highest BCUT2D eigenvalue weighted by molar-refractivity contribution is 7.13. The van der Waals surface area contributed by atoms with Gasteiger partial charge in [0.2, 0.25) is 0 Å². The molecule has 4 nitrogen and oxygen atoms in total. The van der Waals surface area contributed by atoms with Crippen LogP contribution < -0.4 is 5.32 Å². The van der Waals surface area contributed by atoms with Crippen molar-refractivity contribution in [1.82, 2.24) is 4.98 Å². The van der Waals surface area contributed by atoms with Crippen LogP contribution in [0, 0.1) is 13.8 Å². The molecule has 0 aliphatic heterocycles. The molecule has 0 amide bonds. The fraction of sp³-hybridized carbons (Fsp3) is 0.231. The van der Waals surface area contributed by atoms with Crippen molar-refractivity contribution < 1.29 is 9.90 Å². The molecule has 2 aromatic rings. The molecule has 94 valence electrons. The van der Waals surface area contributed by atoms with Crippen molar-refractivity contribution in [2.45, 2.75) is 20.3 Å². The molecule has 0 saturated heterocycles. The van der Waals surface area contributed by atoms with Gasteiger partial charge in [-0.15, -0.1) is 11.3 Å². The average Bonchev–Trinajstić information content (AvgIpc) is 2.70. The van der Waals surface area contributed by atoms with Crippen molar-refractivity contribution in [2.75, 3.05) is 5.32 Å². The highest BCUT2D eigenvalue weighted by Crippen LogP contribution is 2.22. The molecular formula is C13H14N2O2S. The molecule has 1 heterocycles. The van der Waals surface area contributed by atoms with Gasteiger partial charge in [0.25, 0.3) is 0 Å². The van der Waals surface area contributed by atoms with Crippen molar-refractivity contribution in [2.24, 2.45) is 0 Å². The van der Waals surface area contributed by atoms with Gasteiger partial charge in [-0.05, 0) is 37.1 Å². The number of carboxylic acids is 1. The van der Waals surface area contributed by atoms with Crippen LogP contribution in [0.5, 0.6) is 0 Å². The molecule has 0 spiro atoms. The van der Waals surface area contributed by atoms with E-state index in [-0.39, 0.29) is 6.42 Å². The maximum atomic E-state index is 10.6. The maximum absolute atomic E-state index is 10.6. The molecule has 2 rings (SSSR count). The number of thiazole rings is 1. The lowest BCUT2D eigenvalue weighted by Gasteiger charge is -2.05. The molecule has 0 radical (unpaired) electrons. The molecule has 0 atom stereocenters. The molecule has 2 N–H and O–H groups in total. The van der Waals surface area contributed by atoms with E-state index in [2.05, 4.69) is 24.1 Å². The van der Waals surface area contributed by atoms with Gasteiger partial charge in [0.1, 0.15) is 0 Å². The van der Waals surface area contributed by atoms with Gasteiger partial charge in [0.05, 0.1) is 12.1 Å². The monoisotopic (exact) mass is 262 g/mol. The highest BCUT2D eigenvalue weighted by atomic mass is 32.1. The first-order valence-corrected chi connectivity index (χ1v) is 6.43. The summed E-state index contributed by atoms with van der Waals surface area (Å²) in [6.07, 6.45) is -0.0366. The number of carbonyl (C=O) groups is 1. The van der Waals surface area contributed by atoms with Crippen LogP contribution in [0.2, 0.25) is 0 Å². The molecule has 0 aliphatic rings. The van der Waals surface area contributed by atoms with E-state index in [0.29, 0.717) is 5.69 Å². The summed E-state index contributed by atoms with van der Waals surface area (Å²) < 4.78 is 0. The van der Waals surface area contributed by atoms with Crippen molar-refractivity contribution in [3.63, 3.8) is 0 Å². The lowest BCUT2D eigenvalue weighted by atomic mass is 10.1. The Morgan fingerprint density at radius 3 is 2.83 bits per heavy atom. The van der Waals surface area contributed by atoms with E-state index in [1.54, 1.807) is 5.38 Å². The van der Waals surface area contributed by atoms with Crippen molar-refractivity contribution >= 4 is 28.1 Å². The fourth-order valence-electron chi connectivity index (χ4n) is 1.54. The number of hydrogen-bond acceptors (Lipinski definition) is 4. The van der Waals surface area contributed by atoms with Crippen LogP contribution in [0.4, 0.5) is 10.8 Å². The van der Waals surface area contributed by atoms with Gasteiger partial charge in [-0.1, -0.05) is 6.07 Å². The Balaban J connectivity index is 2.11. The first-order valence-electron chi connectivity index (χ1n) is 5.55. The molecule has 0 aliphatic carbocycles. The number of aliphatic carboxylic acids is 1. The molecular weight excluding hydrogens is 248 g/mol. The Hall–Kier alpha value is -1.88. The van der Waals surface area contributed by atoms with Gasteiger partial charge in [0.15, 0.2) is 5.13 Å². The summed E-state index contributed by atoms with van der Waals surface area (Å²) in [6.45, 7) is 4.12. The second kappa shape index (κ2) is 5.18. The molecule has 1 aromatic carbocycles. The number of nitrogens with zero attached hydrogens (tertiary/aromatic N) is 1. The standard InChI is InChI=1S/C13H14N2O2S/c1-8-3-4-10(5-9(8)2)14-13-15-11(7-18-13)6-12(16)17/h3-5,7H,6H2,1-2H3,(H,14,15)(H,16,17). The minimum atomic E-state index is -0.863. The smallest absolute Gasteiger partial charge is 0.309 e. The first kappa shape index (κ1) is 12.6. The van der Waals surface area contributed by atoms with Gasteiger partial charge in [-0.3, -0.25) is 4.79 Å². The SMILES string of the molecule is Cc1ccc(Nc2nc(CC(=O)O)cs2)cc1C. The maximum Gasteiger partial charge on any atom is 0.309 e. The Bertz CT molecular complexity index is 578. The Kier molecular flexibility index (Phi) is 3.62. The zero-order chi connectivity index (χ0) is 13.1. The Morgan fingerprint density at radius 1 is 1.39 bits per heavy atom. The molecule has 1 aromatic heterocycles. The quantitative estimate of drug-likeness (QED) is 0.888. The zero-order valence-electron chi connectivity index (χ0n) is 10.2. The van der Waals surface area contributed by atoms with Crippen LogP contribution >= 0.6 is 11.3 Å². The van der Waals surface area contributed by atoms with E-state index < -0.39 is 5.97 Å². The van der Waals surface area contributed by atoms with E-state index in [0.717, 1.165) is 10.8 Å². The Labute approximate surface area is 109 Å². The summed E-state index contributed by atoms with van der Waals surface area (Å²) >= 11 is 1.41. The number of nitrogens with one attached hydrogen (secondary N) is 1. The summed E-state index contributed by atoms with van der Waals surface area (Å²) in [6, 6.07) is 6.08. The zero-order valence-corrected chi connectivity index (χ0v) is 11.0. The van der Waals surface area contributed by atoms with Gasteiger partial charge in [-0.25, -0.2) is 4.98 Å². The fourth-order valence-corrected chi connectivity index (χ4v) is 2.27. The normalized spacial score (nSPS) is 10.3. The van der Waals surface area contributed by atoms with Gasteiger partial charge < -0.3 is 10.4 Å². The third-order valence-electron chi connectivity index (χ3n) is 2.64. The molecule has 5 heteroatoms.